The molecule has 2 aromatic carbocycles. The Bertz CT molecular complexity index is 1280. The van der Waals surface area contributed by atoms with Gasteiger partial charge >= 0.3 is 0 Å². The van der Waals surface area contributed by atoms with Crippen molar-refractivity contribution in [2.45, 2.75) is 52.6 Å². The molecule has 0 aliphatic carbocycles. The predicted octanol–water partition coefficient (Wildman–Crippen LogP) is 5.18. The molecule has 0 spiro atoms. The van der Waals surface area contributed by atoms with Gasteiger partial charge in [-0.05, 0) is 49.0 Å². The van der Waals surface area contributed by atoms with Crippen molar-refractivity contribution in [3.05, 3.63) is 72.1 Å². The van der Waals surface area contributed by atoms with Crippen LogP contribution in [-0.4, -0.2) is 38.9 Å². The quantitative estimate of drug-likeness (QED) is 0.203. The maximum Gasteiger partial charge on any atom is 0.267 e. The Hall–Kier alpha value is -3.75. The van der Waals surface area contributed by atoms with Crippen molar-refractivity contribution in [2.75, 3.05) is 13.1 Å². The topological polar surface area (TPSA) is 125 Å². The van der Waals surface area contributed by atoms with Crippen molar-refractivity contribution in [3.8, 4) is 33.6 Å². The van der Waals surface area contributed by atoms with Gasteiger partial charge in [0.2, 0.25) is 0 Å². The number of rotatable bonds is 9. The summed E-state index contributed by atoms with van der Waals surface area (Å²) in [6.07, 6.45) is 5.25. The average Bonchev–Trinajstić information content (AvgIpc) is 3.71. The first-order valence-corrected chi connectivity index (χ1v) is 13.2. The highest BCUT2D eigenvalue weighted by Crippen LogP contribution is 2.29. The van der Waals surface area contributed by atoms with Crippen molar-refractivity contribution in [2.24, 2.45) is 5.73 Å². The molecule has 0 unspecified atom stereocenters. The third-order valence-electron chi connectivity index (χ3n) is 6.39. The Balaban J connectivity index is 0.00000156. The molecule has 0 saturated carbocycles. The Morgan fingerprint density at radius 3 is 2.24 bits per heavy atom. The molecule has 1 aliphatic rings. The third kappa shape index (κ3) is 6.15. The number of nitrogens with zero attached hydrogens (tertiary/aromatic N) is 2. The molecule has 0 bridgehead atoms. The van der Waals surface area contributed by atoms with Crippen LogP contribution in [0, 0.1) is 0 Å². The number of nitrogens with one attached hydrogen (secondary N) is 4. The van der Waals surface area contributed by atoms with Crippen LogP contribution in [0.2, 0.25) is 0 Å². The van der Waals surface area contributed by atoms with Gasteiger partial charge in [0.25, 0.3) is 5.91 Å². The average molecular weight is 500 g/mol. The number of aromatic nitrogens is 4. The number of carbonyl (C=O) groups is 1. The molecule has 3 heterocycles. The number of H-pyrrole nitrogens is 2. The second-order valence-electron chi connectivity index (χ2n) is 8.93. The molecular formula is C29H37N7O. The van der Waals surface area contributed by atoms with Gasteiger partial charge in [0.1, 0.15) is 23.0 Å². The number of primary amides is 1. The van der Waals surface area contributed by atoms with Crippen LogP contribution < -0.4 is 16.4 Å². The van der Waals surface area contributed by atoms with E-state index in [0.717, 1.165) is 59.7 Å². The predicted molar refractivity (Wildman–Crippen MR) is 149 cm³/mol. The monoisotopic (exact) mass is 499 g/mol. The summed E-state index contributed by atoms with van der Waals surface area (Å²) in [5.41, 5.74) is 11.7. The largest absolute Gasteiger partial charge is 0.364 e. The highest BCUT2D eigenvalue weighted by atomic mass is 16.1. The normalized spacial score (nSPS) is 14.8. The van der Waals surface area contributed by atoms with E-state index in [1.165, 1.54) is 6.42 Å². The van der Waals surface area contributed by atoms with Crippen LogP contribution in [0.1, 0.15) is 68.2 Å². The number of carbonyl (C=O) groups excluding carboxylic acids is 1. The van der Waals surface area contributed by atoms with Crippen LogP contribution in [0.3, 0.4) is 0 Å². The van der Waals surface area contributed by atoms with E-state index < -0.39 is 5.91 Å². The number of benzene rings is 2. The van der Waals surface area contributed by atoms with Crippen LogP contribution in [-0.2, 0) is 6.54 Å². The molecule has 1 saturated heterocycles. The molecule has 194 valence electrons. The summed E-state index contributed by atoms with van der Waals surface area (Å²) in [6.45, 7) is 8.60. The highest BCUT2D eigenvalue weighted by Gasteiger charge is 2.19. The molecule has 8 heteroatoms. The lowest BCUT2D eigenvalue weighted by Crippen LogP contribution is -2.15. The number of nitrogens with two attached hydrogens (primary N) is 1. The number of hydrogen-bond donors (Lipinski definition) is 5. The Kier molecular flexibility index (Phi) is 8.87. The molecule has 1 atom stereocenters. The van der Waals surface area contributed by atoms with Crippen LogP contribution in [0.4, 0.5) is 0 Å². The zero-order chi connectivity index (χ0) is 26.2. The number of aromatic amines is 2. The lowest BCUT2D eigenvalue weighted by atomic mass is 10.0. The maximum atomic E-state index is 12.0. The van der Waals surface area contributed by atoms with E-state index in [2.05, 4.69) is 61.8 Å². The Labute approximate surface area is 218 Å². The second kappa shape index (κ2) is 12.5. The zero-order valence-corrected chi connectivity index (χ0v) is 21.9. The number of imidazole rings is 2. The minimum Gasteiger partial charge on any atom is -0.364 e. The molecule has 8 nitrogen and oxygen atoms in total. The van der Waals surface area contributed by atoms with Crippen LogP contribution in [0.15, 0.2) is 54.7 Å². The van der Waals surface area contributed by atoms with Gasteiger partial charge in [-0.3, -0.25) is 4.79 Å². The smallest absolute Gasteiger partial charge is 0.267 e. The SMILES string of the molecule is CC.CCCNCc1nc(-c2ccc(-c3ccc(-c4cnc([C@@H]5CCCN5)[nH]4)cc3)cc2)c(C(N)=O)[nH]1. The zero-order valence-electron chi connectivity index (χ0n) is 21.9. The van der Waals surface area contributed by atoms with Crippen LogP contribution >= 0.6 is 0 Å². The molecule has 1 aliphatic heterocycles. The van der Waals surface area contributed by atoms with E-state index in [-0.39, 0.29) is 0 Å². The summed E-state index contributed by atoms with van der Waals surface area (Å²) in [5.74, 6) is 1.20. The van der Waals surface area contributed by atoms with Crippen molar-refractivity contribution in [1.29, 1.82) is 0 Å². The summed E-state index contributed by atoms with van der Waals surface area (Å²) in [5, 5.41) is 6.77. The van der Waals surface area contributed by atoms with E-state index in [0.29, 0.717) is 29.8 Å². The van der Waals surface area contributed by atoms with E-state index in [1.807, 2.05) is 44.3 Å². The van der Waals surface area contributed by atoms with E-state index in [9.17, 15) is 4.79 Å². The van der Waals surface area contributed by atoms with Gasteiger partial charge in [-0.2, -0.15) is 0 Å². The molecule has 1 fully saturated rings. The van der Waals surface area contributed by atoms with Gasteiger partial charge in [-0.25, -0.2) is 9.97 Å². The van der Waals surface area contributed by atoms with Crippen LogP contribution in [0.5, 0.6) is 0 Å². The molecule has 37 heavy (non-hydrogen) atoms. The van der Waals surface area contributed by atoms with Gasteiger partial charge in [-0.1, -0.05) is 69.3 Å². The molecule has 5 rings (SSSR count). The second-order valence-corrected chi connectivity index (χ2v) is 8.93. The molecule has 4 aromatic rings. The Morgan fingerprint density at radius 2 is 1.65 bits per heavy atom. The number of hydrogen-bond acceptors (Lipinski definition) is 5. The van der Waals surface area contributed by atoms with Crippen molar-refractivity contribution in [1.82, 2.24) is 30.6 Å². The lowest BCUT2D eigenvalue weighted by molar-refractivity contribution is 0.0996. The fourth-order valence-corrected chi connectivity index (χ4v) is 4.52. The fraction of sp³-hybridized carbons (Fsp3) is 0.345. The van der Waals surface area contributed by atoms with Gasteiger partial charge in [-0.15, -0.1) is 0 Å². The molecular weight excluding hydrogens is 462 g/mol. The molecule has 0 radical (unpaired) electrons. The summed E-state index contributed by atoms with van der Waals surface area (Å²) in [6, 6.07) is 16.8. The summed E-state index contributed by atoms with van der Waals surface area (Å²) < 4.78 is 0. The van der Waals surface area contributed by atoms with E-state index in [4.69, 9.17) is 5.73 Å². The minimum atomic E-state index is -0.514. The Morgan fingerprint density at radius 1 is 1.00 bits per heavy atom. The first-order valence-electron chi connectivity index (χ1n) is 13.2. The van der Waals surface area contributed by atoms with Crippen molar-refractivity contribution in [3.63, 3.8) is 0 Å². The summed E-state index contributed by atoms with van der Waals surface area (Å²) >= 11 is 0. The van der Waals surface area contributed by atoms with Gasteiger partial charge in [0.15, 0.2) is 0 Å². The summed E-state index contributed by atoms with van der Waals surface area (Å²) in [7, 11) is 0. The van der Waals surface area contributed by atoms with E-state index in [1.54, 1.807) is 0 Å². The first kappa shape index (κ1) is 26.3. The molecule has 1 amide bonds. The summed E-state index contributed by atoms with van der Waals surface area (Å²) in [4.78, 5) is 27.7. The fourth-order valence-electron chi connectivity index (χ4n) is 4.52. The van der Waals surface area contributed by atoms with Crippen molar-refractivity contribution < 1.29 is 4.79 Å². The first-order chi connectivity index (χ1) is 18.1. The molecule has 6 N–H and O–H groups in total. The van der Waals surface area contributed by atoms with Crippen molar-refractivity contribution >= 4 is 5.91 Å². The number of amides is 1. The lowest BCUT2D eigenvalue weighted by Gasteiger charge is -2.07. The van der Waals surface area contributed by atoms with Crippen LogP contribution in [0.25, 0.3) is 33.6 Å². The maximum absolute atomic E-state index is 12.0. The third-order valence-corrected chi connectivity index (χ3v) is 6.39. The van der Waals surface area contributed by atoms with E-state index >= 15 is 0 Å². The highest BCUT2D eigenvalue weighted by molar-refractivity contribution is 5.97. The van der Waals surface area contributed by atoms with Gasteiger partial charge in [0, 0.05) is 5.56 Å². The molecule has 2 aromatic heterocycles. The standard InChI is InChI=1S/C27H31N7O.C2H6/c1-2-13-29-16-23-33-24(25(34-23)26(28)35)20-11-7-18(8-12-20)17-5-9-19(10-6-17)22-15-31-27(32-22)21-4-3-14-30-21;1-2/h5-12,15,21,29-30H,2-4,13-14,16H2,1H3,(H2,28,35)(H,31,32)(H,33,34);1-2H3/t21-;/m0./s1. The minimum absolute atomic E-state index is 0.329. The van der Waals surface area contributed by atoms with Gasteiger partial charge < -0.3 is 26.3 Å². The van der Waals surface area contributed by atoms with Gasteiger partial charge in [0.05, 0.1) is 24.5 Å².